The van der Waals surface area contributed by atoms with Crippen LogP contribution in [0.25, 0.3) is 27.6 Å². The SMILES string of the molecule is Nc1c(-c2nc(-c3ccc(Br)cc3)cs2)nnn1-c1ccccc1C(F)(F)F. The zero-order valence-corrected chi connectivity index (χ0v) is 16.4. The smallest absolute Gasteiger partial charge is 0.382 e. The summed E-state index contributed by atoms with van der Waals surface area (Å²) in [4.78, 5) is 4.50. The van der Waals surface area contributed by atoms with Gasteiger partial charge in [0.2, 0.25) is 0 Å². The van der Waals surface area contributed by atoms with E-state index in [0.717, 1.165) is 26.5 Å². The van der Waals surface area contributed by atoms with Crippen molar-refractivity contribution in [3.8, 4) is 27.6 Å². The van der Waals surface area contributed by atoms with E-state index in [1.165, 1.54) is 29.5 Å². The monoisotopic (exact) mass is 465 g/mol. The molecule has 28 heavy (non-hydrogen) atoms. The first-order valence-corrected chi connectivity index (χ1v) is 9.61. The maximum absolute atomic E-state index is 13.3. The largest absolute Gasteiger partial charge is 0.418 e. The first kappa shape index (κ1) is 18.6. The number of nitrogens with two attached hydrogens (primary N) is 1. The number of anilines is 1. The van der Waals surface area contributed by atoms with Crippen LogP contribution in [0.2, 0.25) is 0 Å². The Kier molecular flexibility index (Phi) is 4.68. The van der Waals surface area contributed by atoms with Crippen molar-refractivity contribution in [2.24, 2.45) is 0 Å². The Labute approximate surface area is 169 Å². The molecule has 0 aliphatic rings. The molecule has 2 heterocycles. The molecule has 0 aliphatic heterocycles. The minimum absolute atomic E-state index is 0.00611. The lowest BCUT2D eigenvalue weighted by Gasteiger charge is -2.12. The molecule has 2 aromatic carbocycles. The van der Waals surface area contributed by atoms with Gasteiger partial charge in [0, 0.05) is 15.4 Å². The summed E-state index contributed by atoms with van der Waals surface area (Å²) < 4.78 is 41.8. The molecule has 5 nitrogen and oxygen atoms in total. The molecule has 2 aromatic heterocycles. The molecule has 0 bridgehead atoms. The molecule has 2 N–H and O–H groups in total. The van der Waals surface area contributed by atoms with E-state index in [-0.39, 0.29) is 17.2 Å². The Hall–Kier alpha value is -2.72. The van der Waals surface area contributed by atoms with E-state index < -0.39 is 11.7 Å². The van der Waals surface area contributed by atoms with Crippen LogP contribution in [0.15, 0.2) is 58.4 Å². The van der Waals surface area contributed by atoms with Gasteiger partial charge in [-0.2, -0.15) is 17.9 Å². The number of rotatable bonds is 3. The Bertz CT molecular complexity index is 1130. The van der Waals surface area contributed by atoms with E-state index in [4.69, 9.17) is 5.73 Å². The Morgan fingerprint density at radius 1 is 1.04 bits per heavy atom. The fourth-order valence-corrected chi connectivity index (χ4v) is 3.74. The zero-order chi connectivity index (χ0) is 19.9. The maximum Gasteiger partial charge on any atom is 0.418 e. The van der Waals surface area contributed by atoms with Crippen LogP contribution in [0.5, 0.6) is 0 Å². The van der Waals surface area contributed by atoms with Crippen LogP contribution in [0, 0.1) is 0 Å². The van der Waals surface area contributed by atoms with Gasteiger partial charge >= 0.3 is 6.18 Å². The molecular formula is C18H11BrF3N5S. The van der Waals surface area contributed by atoms with Gasteiger partial charge in [-0.1, -0.05) is 45.4 Å². The number of nitrogens with zero attached hydrogens (tertiary/aromatic N) is 4. The number of hydrogen-bond acceptors (Lipinski definition) is 5. The van der Waals surface area contributed by atoms with E-state index >= 15 is 0 Å². The first-order valence-electron chi connectivity index (χ1n) is 7.94. The number of alkyl halides is 3. The molecule has 142 valence electrons. The number of thiazole rings is 1. The molecular weight excluding hydrogens is 455 g/mol. The lowest BCUT2D eigenvalue weighted by Crippen LogP contribution is -2.12. The van der Waals surface area contributed by atoms with E-state index in [9.17, 15) is 13.2 Å². The highest BCUT2D eigenvalue weighted by Crippen LogP contribution is 2.36. The van der Waals surface area contributed by atoms with Crippen molar-refractivity contribution in [2.45, 2.75) is 6.18 Å². The zero-order valence-electron chi connectivity index (χ0n) is 14.0. The standard InChI is InChI=1S/C18H11BrF3N5S/c19-11-7-5-10(6-8-11)13-9-28-17(24-13)15-16(23)27(26-25-15)14-4-2-1-3-12(14)18(20,21)22/h1-9H,23H2. The highest BCUT2D eigenvalue weighted by atomic mass is 79.9. The van der Waals surface area contributed by atoms with Crippen molar-refractivity contribution in [1.29, 1.82) is 0 Å². The number of nitrogen functional groups attached to an aromatic ring is 1. The molecule has 0 atom stereocenters. The Balaban J connectivity index is 1.74. The second kappa shape index (κ2) is 7.02. The summed E-state index contributed by atoms with van der Waals surface area (Å²) >= 11 is 4.67. The van der Waals surface area contributed by atoms with Crippen molar-refractivity contribution in [2.75, 3.05) is 5.73 Å². The molecule has 0 saturated carbocycles. The van der Waals surface area contributed by atoms with Crippen LogP contribution in [0.4, 0.5) is 19.0 Å². The van der Waals surface area contributed by atoms with Gasteiger partial charge in [0.1, 0.15) is 5.01 Å². The average Bonchev–Trinajstić information content (AvgIpc) is 3.28. The van der Waals surface area contributed by atoms with Crippen LogP contribution in [0.1, 0.15) is 5.56 Å². The highest BCUT2D eigenvalue weighted by molar-refractivity contribution is 9.10. The lowest BCUT2D eigenvalue weighted by molar-refractivity contribution is -0.137. The van der Waals surface area contributed by atoms with E-state index in [0.29, 0.717) is 5.01 Å². The van der Waals surface area contributed by atoms with E-state index in [1.807, 2.05) is 29.6 Å². The third kappa shape index (κ3) is 3.40. The summed E-state index contributed by atoms with van der Waals surface area (Å²) in [6, 6.07) is 12.7. The van der Waals surface area contributed by atoms with Gasteiger partial charge in [-0.25, -0.2) is 4.98 Å². The third-order valence-electron chi connectivity index (χ3n) is 3.99. The van der Waals surface area contributed by atoms with Gasteiger partial charge in [0.15, 0.2) is 11.5 Å². The van der Waals surface area contributed by atoms with Crippen molar-refractivity contribution in [1.82, 2.24) is 20.0 Å². The van der Waals surface area contributed by atoms with E-state index in [1.54, 1.807) is 0 Å². The minimum atomic E-state index is -4.54. The van der Waals surface area contributed by atoms with Crippen molar-refractivity contribution in [3.05, 3.63) is 63.9 Å². The predicted molar refractivity (Wildman–Crippen MR) is 105 cm³/mol. The van der Waals surface area contributed by atoms with Crippen LogP contribution in [0.3, 0.4) is 0 Å². The number of para-hydroxylation sites is 1. The number of aromatic nitrogens is 4. The third-order valence-corrected chi connectivity index (χ3v) is 5.37. The summed E-state index contributed by atoms with van der Waals surface area (Å²) in [5, 5.41) is 10.1. The summed E-state index contributed by atoms with van der Waals surface area (Å²) in [7, 11) is 0. The molecule has 10 heteroatoms. The molecule has 0 unspecified atom stereocenters. The van der Waals surface area contributed by atoms with Crippen molar-refractivity contribution < 1.29 is 13.2 Å². The number of hydrogen-bond donors (Lipinski definition) is 1. The van der Waals surface area contributed by atoms with Crippen LogP contribution in [-0.2, 0) is 6.18 Å². The normalized spacial score (nSPS) is 11.7. The molecule has 4 rings (SSSR count). The Morgan fingerprint density at radius 3 is 2.46 bits per heavy atom. The van der Waals surface area contributed by atoms with Crippen LogP contribution < -0.4 is 5.73 Å². The molecule has 0 saturated heterocycles. The quantitative estimate of drug-likeness (QED) is 0.438. The molecule has 0 fully saturated rings. The van der Waals surface area contributed by atoms with Crippen molar-refractivity contribution in [3.63, 3.8) is 0 Å². The van der Waals surface area contributed by atoms with E-state index in [2.05, 4.69) is 31.2 Å². The molecule has 0 spiro atoms. The highest BCUT2D eigenvalue weighted by Gasteiger charge is 2.34. The number of halogens is 4. The fraction of sp³-hybridized carbons (Fsp3) is 0.0556. The van der Waals surface area contributed by atoms with Crippen molar-refractivity contribution >= 4 is 33.1 Å². The molecule has 0 amide bonds. The van der Waals surface area contributed by atoms with Crippen LogP contribution in [-0.4, -0.2) is 20.0 Å². The second-order valence-corrected chi connectivity index (χ2v) is 7.57. The Morgan fingerprint density at radius 2 is 1.75 bits per heavy atom. The molecule has 0 aliphatic carbocycles. The first-order chi connectivity index (χ1) is 13.3. The maximum atomic E-state index is 13.3. The predicted octanol–water partition coefficient (Wildman–Crippen LogP) is 5.42. The van der Waals surface area contributed by atoms with Gasteiger partial charge in [-0.05, 0) is 24.3 Å². The second-order valence-electron chi connectivity index (χ2n) is 5.79. The fourth-order valence-electron chi connectivity index (χ4n) is 2.65. The minimum Gasteiger partial charge on any atom is -0.382 e. The van der Waals surface area contributed by atoms with Gasteiger partial charge in [0.05, 0.1) is 16.9 Å². The van der Waals surface area contributed by atoms with Crippen LogP contribution >= 0.6 is 27.3 Å². The molecule has 4 aromatic rings. The van der Waals surface area contributed by atoms with Gasteiger partial charge in [0.25, 0.3) is 0 Å². The summed E-state index contributed by atoms with van der Waals surface area (Å²) in [6.07, 6.45) is -4.54. The van der Waals surface area contributed by atoms with Gasteiger partial charge in [-0.15, -0.1) is 16.4 Å². The summed E-state index contributed by atoms with van der Waals surface area (Å²) in [6.45, 7) is 0. The average molecular weight is 466 g/mol. The van der Waals surface area contributed by atoms with Gasteiger partial charge < -0.3 is 5.73 Å². The number of benzene rings is 2. The summed E-state index contributed by atoms with van der Waals surface area (Å²) in [5.41, 5.74) is 6.92. The summed E-state index contributed by atoms with van der Waals surface area (Å²) in [5.74, 6) is -0.00611. The molecule has 0 radical (unpaired) electrons. The topological polar surface area (TPSA) is 69.6 Å². The van der Waals surface area contributed by atoms with Gasteiger partial charge in [-0.3, -0.25) is 0 Å². The lowest BCUT2D eigenvalue weighted by atomic mass is 10.1.